The van der Waals surface area contributed by atoms with Gasteiger partial charge in [0, 0.05) is 17.7 Å². The van der Waals surface area contributed by atoms with Crippen molar-refractivity contribution < 1.29 is 14.4 Å². The van der Waals surface area contributed by atoms with E-state index in [1.54, 1.807) is 13.2 Å². The maximum Gasteiger partial charge on any atom is 0.251 e. The van der Waals surface area contributed by atoms with Crippen LogP contribution in [0.1, 0.15) is 40.9 Å². The van der Waals surface area contributed by atoms with Gasteiger partial charge in [0.15, 0.2) is 0 Å². The van der Waals surface area contributed by atoms with Crippen LogP contribution in [0.3, 0.4) is 0 Å². The average molecular weight is 341 g/mol. The van der Waals surface area contributed by atoms with Crippen molar-refractivity contribution in [3.63, 3.8) is 0 Å². The lowest BCUT2D eigenvalue weighted by Crippen LogP contribution is -3.10. The Hall–Kier alpha value is -2.33. The number of nitrogens with one attached hydrogen (secondary N) is 2. The standard InChI is InChI=1S/C21H28N2O2/c1-5-23(6-2)15-19-10-8-7-9-18(19)14-22-21(24)17-12-11-16(3)20(13-17)25-4/h7-13H,5-6,14-15H2,1-4H3,(H,22,24)/p+1. The molecule has 0 aromatic heterocycles. The van der Waals surface area contributed by atoms with Gasteiger partial charge in [0.1, 0.15) is 12.3 Å². The first-order valence-electron chi connectivity index (χ1n) is 8.92. The first kappa shape index (κ1) is 19.0. The summed E-state index contributed by atoms with van der Waals surface area (Å²) in [6.07, 6.45) is 0. The normalized spacial score (nSPS) is 10.8. The van der Waals surface area contributed by atoms with Gasteiger partial charge >= 0.3 is 0 Å². The third-order valence-corrected chi connectivity index (χ3v) is 4.67. The molecule has 1 amide bonds. The summed E-state index contributed by atoms with van der Waals surface area (Å²) in [5.41, 5.74) is 4.11. The van der Waals surface area contributed by atoms with Gasteiger partial charge in [-0.05, 0) is 44.0 Å². The molecule has 2 rings (SSSR count). The maximum absolute atomic E-state index is 12.5. The Morgan fingerprint density at radius 2 is 1.76 bits per heavy atom. The van der Waals surface area contributed by atoms with Crippen LogP contribution in [-0.4, -0.2) is 26.1 Å². The van der Waals surface area contributed by atoms with Crippen molar-refractivity contribution in [2.45, 2.75) is 33.9 Å². The van der Waals surface area contributed by atoms with Crippen LogP contribution in [0.15, 0.2) is 42.5 Å². The highest BCUT2D eigenvalue weighted by molar-refractivity contribution is 5.94. The van der Waals surface area contributed by atoms with Crippen LogP contribution in [0.5, 0.6) is 5.75 Å². The van der Waals surface area contributed by atoms with E-state index >= 15 is 0 Å². The number of hydrogen-bond donors (Lipinski definition) is 2. The third kappa shape index (κ3) is 5.07. The number of carbonyl (C=O) groups excluding carboxylic acids is 1. The lowest BCUT2D eigenvalue weighted by Gasteiger charge is -2.18. The molecule has 4 nitrogen and oxygen atoms in total. The fraction of sp³-hybridized carbons (Fsp3) is 0.381. The van der Waals surface area contributed by atoms with E-state index in [9.17, 15) is 4.79 Å². The summed E-state index contributed by atoms with van der Waals surface area (Å²) in [7, 11) is 1.62. The van der Waals surface area contributed by atoms with Crippen LogP contribution in [0.25, 0.3) is 0 Å². The molecule has 0 unspecified atom stereocenters. The molecule has 0 saturated carbocycles. The molecule has 25 heavy (non-hydrogen) atoms. The molecule has 0 saturated heterocycles. The second-order valence-corrected chi connectivity index (χ2v) is 6.27. The van der Waals surface area contributed by atoms with Gasteiger partial charge < -0.3 is 15.0 Å². The minimum absolute atomic E-state index is 0.0803. The number of amides is 1. The van der Waals surface area contributed by atoms with Crippen LogP contribution in [-0.2, 0) is 13.1 Å². The number of ether oxygens (including phenoxy) is 1. The Morgan fingerprint density at radius 1 is 1.08 bits per heavy atom. The number of carbonyl (C=O) groups is 1. The Kier molecular flexibility index (Phi) is 7.02. The van der Waals surface area contributed by atoms with E-state index in [0.717, 1.165) is 30.9 Å². The smallest absolute Gasteiger partial charge is 0.251 e. The molecule has 134 valence electrons. The quantitative estimate of drug-likeness (QED) is 0.774. The van der Waals surface area contributed by atoms with Crippen LogP contribution in [0, 0.1) is 6.92 Å². The predicted octanol–water partition coefficient (Wildman–Crippen LogP) is 2.36. The second-order valence-electron chi connectivity index (χ2n) is 6.27. The summed E-state index contributed by atoms with van der Waals surface area (Å²) in [5, 5.41) is 3.03. The van der Waals surface area contributed by atoms with Gasteiger partial charge in [0.2, 0.25) is 0 Å². The monoisotopic (exact) mass is 341 g/mol. The van der Waals surface area contributed by atoms with E-state index in [0.29, 0.717) is 12.1 Å². The van der Waals surface area contributed by atoms with E-state index in [2.05, 4.69) is 37.4 Å². The van der Waals surface area contributed by atoms with E-state index in [4.69, 9.17) is 4.74 Å². The number of hydrogen-bond acceptors (Lipinski definition) is 2. The number of rotatable bonds is 8. The Labute approximate surface area is 150 Å². The lowest BCUT2D eigenvalue weighted by atomic mass is 10.1. The van der Waals surface area contributed by atoms with Gasteiger partial charge in [0.25, 0.3) is 5.91 Å². The lowest BCUT2D eigenvalue weighted by molar-refractivity contribution is -0.910. The van der Waals surface area contributed by atoms with Gasteiger partial charge in [0.05, 0.1) is 20.2 Å². The Balaban J connectivity index is 2.07. The first-order valence-corrected chi connectivity index (χ1v) is 8.92. The van der Waals surface area contributed by atoms with Crippen molar-refractivity contribution >= 4 is 5.91 Å². The largest absolute Gasteiger partial charge is 0.496 e. The summed E-state index contributed by atoms with van der Waals surface area (Å²) >= 11 is 0. The number of benzene rings is 2. The van der Waals surface area contributed by atoms with Gasteiger partial charge in [-0.3, -0.25) is 4.79 Å². The molecule has 2 N–H and O–H groups in total. The number of methoxy groups -OCH3 is 1. The van der Waals surface area contributed by atoms with Gasteiger partial charge in [-0.15, -0.1) is 0 Å². The molecule has 0 aliphatic rings. The van der Waals surface area contributed by atoms with E-state index in [1.807, 2.05) is 25.1 Å². The summed E-state index contributed by atoms with van der Waals surface area (Å²) in [6, 6.07) is 13.9. The summed E-state index contributed by atoms with van der Waals surface area (Å²) < 4.78 is 5.30. The summed E-state index contributed by atoms with van der Waals surface area (Å²) in [5.74, 6) is 0.654. The fourth-order valence-corrected chi connectivity index (χ4v) is 2.91. The first-order chi connectivity index (χ1) is 12.1. The van der Waals surface area contributed by atoms with Crippen LogP contribution in [0.4, 0.5) is 0 Å². The predicted molar refractivity (Wildman–Crippen MR) is 101 cm³/mol. The molecule has 0 spiro atoms. The van der Waals surface area contributed by atoms with Crippen molar-refractivity contribution in [2.75, 3.05) is 20.2 Å². The molecule has 0 fully saturated rings. The zero-order valence-electron chi connectivity index (χ0n) is 15.7. The summed E-state index contributed by atoms with van der Waals surface area (Å²) in [4.78, 5) is 14.0. The zero-order chi connectivity index (χ0) is 18.2. The van der Waals surface area contributed by atoms with Crippen molar-refractivity contribution in [3.05, 3.63) is 64.7 Å². The number of quaternary nitrogens is 1. The van der Waals surface area contributed by atoms with Crippen molar-refractivity contribution in [2.24, 2.45) is 0 Å². The zero-order valence-corrected chi connectivity index (χ0v) is 15.7. The molecule has 0 bridgehead atoms. The second kappa shape index (κ2) is 9.23. The molecule has 0 aliphatic carbocycles. The molecule has 2 aromatic rings. The van der Waals surface area contributed by atoms with Crippen molar-refractivity contribution in [1.29, 1.82) is 0 Å². The van der Waals surface area contributed by atoms with E-state index < -0.39 is 0 Å². The minimum atomic E-state index is -0.0803. The maximum atomic E-state index is 12.5. The summed E-state index contributed by atoms with van der Waals surface area (Å²) in [6.45, 7) is 10.1. The van der Waals surface area contributed by atoms with Crippen LogP contribution < -0.4 is 15.0 Å². The van der Waals surface area contributed by atoms with Crippen LogP contribution in [0.2, 0.25) is 0 Å². The molecule has 0 atom stereocenters. The molecule has 0 aliphatic heterocycles. The van der Waals surface area contributed by atoms with Crippen molar-refractivity contribution in [1.82, 2.24) is 5.32 Å². The molecule has 4 heteroatoms. The van der Waals surface area contributed by atoms with E-state index in [-0.39, 0.29) is 5.91 Å². The topological polar surface area (TPSA) is 42.8 Å². The van der Waals surface area contributed by atoms with Gasteiger partial charge in [-0.25, -0.2) is 0 Å². The highest BCUT2D eigenvalue weighted by atomic mass is 16.5. The average Bonchev–Trinajstić information content (AvgIpc) is 2.65. The van der Waals surface area contributed by atoms with Gasteiger partial charge in [-0.1, -0.05) is 30.3 Å². The molecule has 0 radical (unpaired) electrons. The highest BCUT2D eigenvalue weighted by Gasteiger charge is 2.12. The molecular formula is C21H29N2O2+. The Morgan fingerprint density at radius 3 is 2.40 bits per heavy atom. The molecule has 0 heterocycles. The molecule has 2 aromatic carbocycles. The van der Waals surface area contributed by atoms with Crippen molar-refractivity contribution in [3.8, 4) is 5.75 Å². The Bertz CT molecular complexity index is 709. The molecular weight excluding hydrogens is 312 g/mol. The SMILES string of the molecule is CC[NH+](CC)Cc1ccccc1CNC(=O)c1ccc(C)c(OC)c1. The highest BCUT2D eigenvalue weighted by Crippen LogP contribution is 2.19. The van der Waals surface area contributed by atoms with E-state index in [1.165, 1.54) is 16.0 Å². The van der Waals surface area contributed by atoms with Gasteiger partial charge in [-0.2, -0.15) is 0 Å². The number of aryl methyl sites for hydroxylation is 1. The minimum Gasteiger partial charge on any atom is -0.496 e. The van der Waals surface area contributed by atoms with Crippen LogP contribution >= 0.6 is 0 Å². The fourth-order valence-electron chi connectivity index (χ4n) is 2.91. The third-order valence-electron chi connectivity index (χ3n) is 4.67.